The van der Waals surface area contributed by atoms with Crippen LogP contribution in [0.25, 0.3) is 11.2 Å². The molecule has 0 aliphatic carbocycles. The van der Waals surface area contributed by atoms with Gasteiger partial charge in [0, 0.05) is 0 Å². The fourth-order valence-corrected chi connectivity index (χ4v) is 4.55. The third kappa shape index (κ3) is 6.37. The van der Waals surface area contributed by atoms with Gasteiger partial charge in [0.1, 0.15) is 23.7 Å². The summed E-state index contributed by atoms with van der Waals surface area (Å²) >= 11 is 0. The second-order valence-corrected chi connectivity index (χ2v) is 11.3. The molecule has 0 spiro atoms. The molecule has 1 fully saturated rings. The van der Waals surface area contributed by atoms with E-state index in [1.807, 2.05) is 20.8 Å². The van der Waals surface area contributed by atoms with Gasteiger partial charge in [-0.25, -0.2) is 10.1 Å². The van der Waals surface area contributed by atoms with Crippen LogP contribution in [0.3, 0.4) is 0 Å². The summed E-state index contributed by atoms with van der Waals surface area (Å²) in [5, 5.41) is 23.5. The lowest BCUT2D eigenvalue weighted by molar-refractivity contribution is -0.148. The minimum atomic E-state index is -2.91. The molecule has 0 saturated carbocycles. The first-order valence-corrected chi connectivity index (χ1v) is 13.1. The highest BCUT2D eigenvalue weighted by molar-refractivity contribution is 7.36. The fraction of sp³-hybridized carbons (Fsp3) is 0.682. The second kappa shape index (κ2) is 11.3. The van der Waals surface area contributed by atoms with E-state index in [1.54, 1.807) is 6.92 Å². The molecule has 6 atom stereocenters. The lowest BCUT2D eigenvalue weighted by Gasteiger charge is -2.25. The molecule has 15 heteroatoms. The smallest absolute Gasteiger partial charge is 0.323 e. The Labute approximate surface area is 215 Å². The highest BCUT2D eigenvalue weighted by atomic mass is 31.1. The standard InChI is InChI=1S/C22H34N7O7P/c1-7-33-17-14-16(26-20(24)27-17)29(11-25-14)19-22(6,9-23)15(30)13(36-19)8-35-37(32)28-12(2)18(31)34-10-21(3,4)5/h11-13,15,19,30,37H,7-8,10H2,1-6H3,(H,28,32)(H2,24,26,27)/t12-,13?,15+,19+,22+/m0/s1. The molecule has 0 radical (unpaired) electrons. The van der Waals surface area contributed by atoms with Gasteiger partial charge >= 0.3 is 5.97 Å². The Bertz CT molecular complexity index is 1190. The summed E-state index contributed by atoms with van der Waals surface area (Å²) < 4.78 is 36.0. The minimum absolute atomic E-state index is 0.0605. The molecule has 1 aliphatic rings. The van der Waals surface area contributed by atoms with Gasteiger partial charge < -0.3 is 29.6 Å². The van der Waals surface area contributed by atoms with Crippen LogP contribution < -0.4 is 15.6 Å². The van der Waals surface area contributed by atoms with Crippen LogP contribution in [0, 0.1) is 22.2 Å². The Balaban J connectivity index is 1.71. The zero-order valence-electron chi connectivity index (χ0n) is 21.7. The quantitative estimate of drug-likeness (QED) is 0.291. The van der Waals surface area contributed by atoms with Crippen LogP contribution >= 0.6 is 8.18 Å². The first kappa shape index (κ1) is 28.7. The molecular formula is C22H34N7O7P. The minimum Gasteiger partial charge on any atom is -0.476 e. The van der Waals surface area contributed by atoms with Crippen molar-refractivity contribution in [1.29, 1.82) is 5.26 Å². The molecule has 14 nitrogen and oxygen atoms in total. The summed E-state index contributed by atoms with van der Waals surface area (Å²) in [7, 11) is -2.91. The maximum atomic E-state index is 12.5. The summed E-state index contributed by atoms with van der Waals surface area (Å²) in [6, 6.07) is 1.23. The van der Waals surface area contributed by atoms with Crippen molar-refractivity contribution in [3.63, 3.8) is 0 Å². The molecule has 3 rings (SSSR count). The molecule has 2 aromatic rings. The summed E-state index contributed by atoms with van der Waals surface area (Å²) in [4.78, 5) is 24.7. The summed E-state index contributed by atoms with van der Waals surface area (Å²) in [6.45, 7) is 10.8. The van der Waals surface area contributed by atoms with Gasteiger partial charge in [0.25, 0.3) is 8.18 Å². The number of rotatable bonds is 10. The Morgan fingerprint density at radius 3 is 2.78 bits per heavy atom. The van der Waals surface area contributed by atoms with Crippen molar-refractivity contribution < 1.29 is 33.2 Å². The number of aliphatic hydroxyl groups excluding tert-OH is 1. The van der Waals surface area contributed by atoms with Crippen LogP contribution in [-0.2, 0) is 23.4 Å². The molecule has 204 valence electrons. The Morgan fingerprint density at radius 1 is 1.46 bits per heavy atom. The molecule has 2 unspecified atom stereocenters. The van der Waals surface area contributed by atoms with Crippen molar-refractivity contribution in [1.82, 2.24) is 24.6 Å². The third-order valence-corrected chi connectivity index (χ3v) is 6.78. The maximum absolute atomic E-state index is 12.5. The van der Waals surface area contributed by atoms with Crippen molar-refractivity contribution >= 4 is 31.3 Å². The first-order chi connectivity index (χ1) is 17.3. The monoisotopic (exact) mass is 539 g/mol. The van der Waals surface area contributed by atoms with Gasteiger partial charge in [0.05, 0.1) is 32.2 Å². The van der Waals surface area contributed by atoms with Gasteiger partial charge in [-0.15, -0.1) is 0 Å². The molecule has 0 bridgehead atoms. The van der Waals surface area contributed by atoms with Gasteiger partial charge in [-0.05, 0) is 26.2 Å². The molecule has 1 aliphatic heterocycles. The molecule has 0 aromatic carbocycles. The zero-order chi connectivity index (χ0) is 27.5. The van der Waals surface area contributed by atoms with Gasteiger partial charge in [-0.1, -0.05) is 20.8 Å². The van der Waals surface area contributed by atoms with E-state index in [2.05, 4.69) is 26.1 Å². The molecule has 1 saturated heterocycles. The van der Waals surface area contributed by atoms with Crippen LogP contribution in [0.1, 0.15) is 47.8 Å². The largest absolute Gasteiger partial charge is 0.476 e. The van der Waals surface area contributed by atoms with E-state index in [1.165, 1.54) is 24.7 Å². The molecule has 3 heterocycles. The van der Waals surface area contributed by atoms with Crippen molar-refractivity contribution in [3.8, 4) is 11.9 Å². The lowest BCUT2D eigenvalue weighted by Crippen LogP contribution is -2.37. The van der Waals surface area contributed by atoms with Crippen LogP contribution in [0.4, 0.5) is 5.95 Å². The number of nitrogens with zero attached hydrogens (tertiary/aromatic N) is 5. The summed E-state index contributed by atoms with van der Waals surface area (Å²) in [6.07, 6.45) is -1.96. The van der Waals surface area contributed by atoms with Crippen molar-refractivity contribution in [2.24, 2.45) is 10.8 Å². The highest BCUT2D eigenvalue weighted by Crippen LogP contribution is 2.46. The number of carbonyl (C=O) groups excluding carboxylic acids is 1. The predicted octanol–water partition coefficient (Wildman–Crippen LogP) is 1.57. The number of aliphatic hydroxyl groups is 1. The number of nitriles is 1. The molecule has 37 heavy (non-hydrogen) atoms. The fourth-order valence-electron chi connectivity index (χ4n) is 3.68. The Hall–Kier alpha value is -2.82. The van der Waals surface area contributed by atoms with Crippen LogP contribution in [0.15, 0.2) is 6.33 Å². The van der Waals surface area contributed by atoms with E-state index in [-0.39, 0.29) is 36.1 Å². The molecule has 2 aromatic heterocycles. The third-order valence-electron chi connectivity index (χ3n) is 5.68. The van der Waals surface area contributed by atoms with Gasteiger partial charge in [-0.2, -0.15) is 15.2 Å². The van der Waals surface area contributed by atoms with Crippen LogP contribution in [0.5, 0.6) is 5.88 Å². The van der Waals surface area contributed by atoms with Crippen molar-refractivity contribution in [2.45, 2.75) is 66.0 Å². The number of aromatic nitrogens is 4. The number of fused-ring (bicyclic) bond motifs is 1. The molecule has 0 amide bonds. The summed E-state index contributed by atoms with van der Waals surface area (Å²) in [5.41, 5.74) is 4.75. The van der Waals surface area contributed by atoms with E-state index >= 15 is 0 Å². The topological polar surface area (TPSA) is 197 Å². The van der Waals surface area contributed by atoms with Gasteiger partial charge in [0.15, 0.2) is 17.4 Å². The number of imidazole rings is 1. The zero-order valence-corrected chi connectivity index (χ0v) is 22.7. The van der Waals surface area contributed by atoms with Gasteiger partial charge in [0.2, 0.25) is 11.8 Å². The second-order valence-electron chi connectivity index (χ2n) is 10.1. The number of hydrogen-bond acceptors (Lipinski definition) is 12. The van der Waals surface area contributed by atoms with Crippen LogP contribution in [-0.4, -0.2) is 68.7 Å². The SMILES string of the molecule is CCOc1nc(N)nc2c1ncn2[C@@H]1OC(CO[PH](=O)N[C@@H](C)C(=O)OCC(C)(C)C)[C@@H](O)[C@@]1(C)C#N. The average Bonchev–Trinajstić information content (AvgIpc) is 3.34. The predicted molar refractivity (Wildman–Crippen MR) is 133 cm³/mol. The highest BCUT2D eigenvalue weighted by Gasteiger charge is 2.55. The molecular weight excluding hydrogens is 505 g/mol. The normalized spacial score (nSPS) is 25.5. The number of nitrogen functional groups attached to an aromatic ring is 1. The first-order valence-electron chi connectivity index (χ1n) is 11.8. The van der Waals surface area contributed by atoms with E-state index in [4.69, 9.17) is 24.5 Å². The van der Waals surface area contributed by atoms with Crippen molar-refractivity contribution in [3.05, 3.63) is 6.33 Å². The Kier molecular flexibility index (Phi) is 8.77. The van der Waals surface area contributed by atoms with E-state index in [9.17, 15) is 19.7 Å². The number of esters is 1. The number of ether oxygens (including phenoxy) is 3. The van der Waals surface area contributed by atoms with Crippen LogP contribution in [0.2, 0.25) is 0 Å². The van der Waals surface area contributed by atoms with Crippen molar-refractivity contribution in [2.75, 3.05) is 25.6 Å². The van der Waals surface area contributed by atoms with E-state index in [0.717, 1.165) is 0 Å². The number of carbonyl (C=O) groups is 1. The lowest BCUT2D eigenvalue weighted by atomic mass is 9.84. The summed E-state index contributed by atoms with van der Waals surface area (Å²) in [5.74, 6) is -0.443. The number of nitrogens with two attached hydrogens (primary N) is 1. The molecule has 4 N–H and O–H groups in total. The van der Waals surface area contributed by atoms with E-state index in [0.29, 0.717) is 12.1 Å². The number of nitrogens with one attached hydrogen (secondary N) is 1. The Morgan fingerprint density at radius 2 is 2.16 bits per heavy atom. The van der Waals surface area contributed by atoms with Gasteiger partial charge in [-0.3, -0.25) is 13.9 Å². The number of anilines is 1. The number of hydrogen-bond donors (Lipinski definition) is 3. The average molecular weight is 540 g/mol. The van der Waals surface area contributed by atoms with E-state index < -0.39 is 44.0 Å². The maximum Gasteiger partial charge on any atom is 0.323 e.